The Kier molecular flexibility index (Phi) is 5.09. The van der Waals surface area contributed by atoms with Gasteiger partial charge in [0.25, 0.3) is 0 Å². The van der Waals surface area contributed by atoms with Crippen LogP contribution in [0.25, 0.3) is 0 Å². The molecular formula is C14H21N5O. The maximum atomic E-state index is 10.1. The van der Waals surface area contributed by atoms with Gasteiger partial charge in [-0.25, -0.2) is 0 Å². The van der Waals surface area contributed by atoms with Gasteiger partial charge < -0.3 is 10.8 Å². The van der Waals surface area contributed by atoms with E-state index >= 15 is 0 Å². The van der Waals surface area contributed by atoms with Gasteiger partial charge in [0.1, 0.15) is 0 Å². The van der Waals surface area contributed by atoms with Crippen LogP contribution in [0.3, 0.4) is 0 Å². The summed E-state index contributed by atoms with van der Waals surface area (Å²) in [6, 6.07) is 5.86. The molecule has 0 aromatic carbocycles. The topological polar surface area (TPSA) is 80.2 Å². The molecule has 20 heavy (non-hydrogen) atoms. The first kappa shape index (κ1) is 14.5. The number of anilines is 1. The Morgan fingerprint density at radius 1 is 1.45 bits per heavy atom. The van der Waals surface area contributed by atoms with E-state index in [-0.39, 0.29) is 0 Å². The zero-order valence-electron chi connectivity index (χ0n) is 11.7. The maximum Gasteiger partial charge on any atom is 0.0862 e. The second kappa shape index (κ2) is 7.02. The summed E-state index contributed by atoms with van der Waals surface area (Å²) in [5.41, 5.74) is 7.21. The lowest BCUT2D eigenvalue weighted by Gasteiger charge is -2.23. The summed E-state index contributed by atoms with van der Waals surface area (Å²) >= 11 is 0. The van der Waals surface area contributed by atoms with Gasteiger partial charge in [0.2, 0.25) is 0 Å². The number of aromatic nitrogens is 3. The third-order valence-electron chi connectivity index (χ3n) is 3.08. The number of hydrogen-bond donors (Lipinski definition) is 2. The molecule has 0 bridgehead atoms. The van der Waals surface area contributed by atoms with E-state index in [1.165, 1.54) is 0 Å². The van der Waals surface area contributed by atoms with E-state index in [1.807, 2.05) is 18.2 Å². The maximum absolute atomic E-state index is 10.1. The normalized spacial score (nSPS) is 12.8. The minimum Gasteiger partial charge on any atom is -0.396 e. The molecule has 0 aliphatic rings. The molecule has 6 heteroatoms. The van der Waals surface area contributed by atoms with Crippen molar-refractivity contribution in [1.29, 1.82) is 0 Å². The highest BCUT2D eigenvalue weighted by Crippen LogP contribution is 2.04. The number of nitrogens with two attached hydrogens (primary N) is 1. The summed E-state index contributed by atoms with van der Waals surface area (Å²) < 4.78 is 1.66. The molecule has 108 valence electrons. The summed E-state index contributed by atoms with van der Waals surface area (Å²) in [4.78, 5) is 6.46. The second-order valence-electron chi connectivity index (χ2n) is 4.80. The largest absolute Gasteiger partial charge is 0.396 e. The van der Waals surface area contributed by atoms with Crippen LogP contribution in [0, 0.1) is 0 Å². The molecule has 0 aliphatic heterocycles. The van der Waals surface area contributed by atoms with Crippen molar-refractivity contribution in [2.45, 2.75) is 26.1 Å². The van der Waals surface area contributed by atoms with Crippen molar-refractivity contribution < 1.29 is 5.11 Å². The average Bonchev–Trinajstić information content (AvgIpc) is 2.84. The first-order valence-corrected chi connectivity index (χ1v) is 6.75. The van der Waals surface area contributed by atoms with Crippen molar-refractivity contribution in [1.82, 2.24) is 19.7 Å². The molecule has 1 unspecified atom stereocenters. The number of likely N-dealkylation sites (N-methyl/N-ethyl adjacent to an activating group) is 1. The molecule has 0 spiro atoms. The Morgan fingerprint density at radius 3 is 2.90 bits per heavy atom. The molecule has 6 nitrogen and oxygen atoms in total. The van der Waals surface area contributed by atoms with Crippen molar-refractivity contribution in [2.24, 2.45) is 0 Å². The van der Waals surface area contributed by atoms with E-state index < -0.39 is 6.10 Å². The van der Waals surface area contributed by atoms with Crippen molar-refractivity contribution in [3.8, 4) is 0 Å². The molecule has 0 radical (unpaired) electrons. The van der Waals surface area contributed by atoms with Crippen LogP contribution in [0.5, 0.6) is 0 Å². The Balaban J connectivity index is 1.86. The van der Waals surface area contributed by atoms with Crippen LogP contribution in [0.2, 0.25) is 0 Å². The highest BCUT2D eigenvalue weighted by atomic mass is 16.3. The van der Waals surface area contributed by atoms with Crippen LogP contribution >= 0.6 is 0 Å². The molecule has 0 fully saturated rings. The summed E-state index contributed by atoms with van der Waals surface area (Å²) in [6.45, 7) is 4.68. The van der Waals surface area contributed by atoms with Crippen molar-refractivity contribution >= 4 is 5.69 Å². The molecule has 1 atom stereocenters. The highest BCUT2D eigenvalue weighted by molar-refractivity contribution is 5.30. The highest BCUT2D eigenvalue weighted by Gasteiger charge is 2.12. The van der Waals surface area contributed by atoms with Gasteiger partial charge in [-0.1, -0.05) is 13.0 Å². The van der Waals surface area contributed by atoms with Crippen LogP contribution in [0.4, 0.5) is 5.69 Å². The predicted octanol–water partition coefficient (Wildman–Crippen LogP) is 0.743. The quantitative estimate of drug-likeness (QED) is 0.779. The molecule has 2 aromatic heterocycles. The number of nitrogens with zero attached hydrogens (tertiary/aromatic N) is 4. The predicted molar refractivity (Wildman–Crippen MR) is 77.8 cm³/mol. The first-order chi connectivity index (χ1) is 9.67. The number of nitrogen functional groups attached to an aromatic ring is 1. The van der Waals surface area contributed by atoms with Gasteiger partial charge in [-0.05, 0) is 18.7 Å². The van der Waals surface area contributed by atoms with Crippen LogP contribution in [0.1, 0.15) is 12.6 Å². The van der Waals surface area contributed by atoms with E-state index in [0.29, 0.717) is 18.8 Å². The van der Waals surface area contributed by atoms with Gasteiger partial charge in [-0.15, -0.1) is 0 Å². The molecule has 3 N–H and O–H groups in total. The fourth-order valence-corrected chi connectivity index (χ4v) is 2.08. The first-order valence-electron chi connectivity index (χ1n) is 6.75. The van der Waals surface area contributed by atoms with Crippen molar-refractivity contribution in [2.75, 3.05) is 18.8 Å². The molecule has 0 aliphatic carbocycles. The Hall–Kier alpha value is -1.92. The summed E-state index contributed by atoms with van der Waals surface area (Å²) in [7, 11) is 0. The van der Waals surface area contributed by atoms with Crippen molar-refractivity contribution in [3.63, 3.8) is 0 Å². The molecule has 0 amide bonds. The second-order valence-corrected chi connectivity index (χ2v) is 4.80. The van der Waals surface area contributed by atoms with E-state index in [2.05, 4.69) is 21.9 Å². The van der Waals surface area contributed by atoms with Gasteiger partial charge in [0.15, 0.2) is 0 Å². The zero-order valence-corrected chi connectivity index (χ0v) is 11.7. The average molecular weight is 275 g/mol. The lowest BCUT2D eigenvalue weighted by Crippen LogP contribution is -2.34. The number of aliphatic hydroxyl groups excluding tert-OH is 1. The van der Waals surface area contributed by atoms with E-state index in [0.717, 1.165) is 18.8 Å². The molecule has 0 saturated heterocycles. The lowest BCUT2D eigenvalue weighted by atomic mass is 10.2. The van der Waals surface area contributed by atoms with Crippen LogP contribution < -0.4 is 5.73 Å². The Morgan fingerprint density at radius 2 is 2.30 bits per heavy atom. The van der Waals surface area contributed by atoms with Crippen LogP contribution in [0.15, 0.2) is 36.8 Å². The minimum atomic E-state index is -0.488. The van der Waals surface area contributed by atoms with Crippen molar-refractivity contribution in [3.05, 3.63) is 42.5 Å². The smallest absolute Gasteiger partial charge is 0.0862 e. The van der Waals surface area contributed by atoms with Gasteiger partial charge in [0, 0.05) is 25.5 Å². The number of pyridine rings is 1. The standard InChI is InChI=1S/C14H21N5O/c1-2-18(9-13-5-3-4-6-16-13)10-14(20)11-19-8-12(15)7-17-19/h3-8,14,20H,2,9-11,15H2,1H3. The van der Waals surface area contributed by atoms with E-state index in [1.54, 1.807) is 23.3 Å². The summed E-state index contributed by atoms with van der Waals surface area (Å²) in [5.74, 6) is 0. The SMILES string of the molecule is CCN(Cc1ccccn1)CC(O)Cn1cc(N)cn1. The molecule has 2 heterocycles. The summed E-state index contributed by atoms with van der Waals surface area (Å²) in [6.07, 6.45) is 4.60. The monoisotopic (exact) mass is 275 g/mol. The van der Waals surface area contributed by atoms with Gasteiger partial charge in [0.05, 0.1) is 30.2 Å². The molecular weight excluding hydrogens is 254 g/mol. The Bertz CT molecular complexity index is 513. The third kappa shape index (κ3) is 4.32. The van der Waals surface area contributed by atoms with Crippen LogP contribution in [-0.2, 0) is 13.1 Å². The van der Waals surface area contributed by atoms with E-state index in [9.17, 15) is 5.11 Å². The van der Waals surface area contributed by atoms with Gasteiger partial charge >= 0.3 is 0 Å². The minimum absolute atomic E-state index is 0.440. The summed E-state index contributed by atoms with van der Waals surface area (Å²) in [5, 5.41) is 14.2. The van der Waals surface area contributed by atoms with Gasteiger partial charge in [-0.2, -0.15) is 5.10 Å². The van der Waals surface area contributed by atoms with E-state index in [4.69, 9.17) is 5.73 Å². The van der Waals surface area contributed by atoms with Crippen LogP contribution in [-0.4, -0.2) is 44.0 Å². The zero-order chi connectivity index (χ0) is 14.4. The Labute approximate surface area is 118 Å². The molecule has 0 saturated carbocycles. The molecule has 2 rings (SSSR count). The number of hydrogen-bond acceptors (Lipinski definition) is 5. The fourth-order valence-electron chi connectivity index (χ4n) is 2.08. The number of aliphatic hydroxyl groups is 1. The number of rotatable bonds is 7. The van der Waals surface area contributed by atoms with Gasteiger partial charge in [-0.3, -0.25) is 14.6 Å². The fraction of sp³-hybridized carbons (Fsp3) is 0.429. The molecule has 2 aromatic rings. The third-order valence-corrected chi connectivity index (χ3v) is 3.08. The lowest BCUT2D eigenvalue weighted by molar-refractivity contribution is 0.0935.